The topological polar surface area (TPSA) is 52.8 Å². The lowest BCUT2D eigenvalue weighted by molar-refractivity contribution is -0.138. The standard InChI is InChI=1S/C15H17F3N4O/c1-2-6-22-13(19-9-20-22)8-23-14-7-11(15(16,17)18)10-4-3-5-12(10)21-14/h7,9H,2-6,8H2,1H3. The zero-order valence-corrected chi connectivity index (χ0v) is 12.7. The predicted molar refractivity (Wildman–Crippen MR) is 75.9 cm³/mol. The first-order valence-corrected chi connectivity index (χ1v) is 7.58. The molecule has 0 fully saturated rings. The van der Waals surface area contributed by atoms with Gasteiger partial charge < -0.3 is 4.74 Å². The van der Waals surface area contributed by atoms with Crippen LogP contribution >= 0.6 is 0 Å². The largest absolute Gasteiger partial charge is 0.469 e. The van der Waals surface area contributed by atoms with Crippen LogP contribution < -0.4 is 4.74 Å². The van der Waals surface area contributed by atoms with Gasteiger partial charge >= 0.3 is 6.18 Å². The van der Waals surface area contributed by atoms with Gasteiger partial charge in [-0.15, -0.1) is 0 Å². The van der Waals surface area contributed by atoms with Crippen LogP contribution in [0.4, 0.5) is 13.2 Å². The molecule has 0 amide bonds. The maximum absolute atomic E-state index is 13.2. The Morgan fingerprint density at radius 1 is 1.30 bits per heavy atom. The highest BCUT2D eigenvalue weighted by Gasteiger charge is 2.36. The van der Waals surface area contributed by atoms with Gasteiger partial charge in [-0.3, -0.25) is 0 Å². The minimum absolute atomic E-state index is 0.0102. The van der Waals surface area contributed by atoms with Crippen molar-refractivity contribution in [1.82, 2.24) is 19.7 Å². The summed E-state index contributed by atoms with van der Waals surface area (Å²) in [6.07, 6.45) is -0.432. The maximum Gasteiger partial charge on any atom is 0.416 e. The zero-order chi connectivity index (χ0) is 16.4. The summed E-state index contributed by atoms with van der Waals surface area (Å²) in [5.41, 5.74) is 0.161. The molecular formula is C15H17F3N4O. The summed E-state index contributed by atoms with van der Waals surface area (Å²) < 4.78 is 46.7. The van der Waals surface area contributed by atoms with Crippen molar-refractivity contribution in [2.24, 2.45) is 0 Å². The molecule has 0 unspecified atom stereocenters. The highest BCUT2D eigenvalue weighted by atomic mass is 19.4. The highest BCUT2D eigenvalue weighted by Crippen LogP contribution is 2.38. The Balaban J connectivity index is 1.82. The van der Waals surface area contributed by atoms with Gasteiger partial charge in [-0.1, -0.05) is 6.92 Å². The van der Waals surface area contributed by atoms with E-state index in [0.717, 1.165) is 12.5 Å². The molecule has 1 aliphatic rings. The molecule has 0 radical (unpaired) electrons. The van der Waals surface area contributed by atoms with Gasteiger partial charge in [0.2, 0.25) is 5.88 Å². The summed E-state index contributed by atoms with van der Waals surface area (Å²) in [6, 6.07) is 0.991. The van der Waals surface area contributed by atoms with E-state index in [9.17, 15) is 13.2 Å². The van der Waals surface area contributed by atoms with Gasteiger partial charge in [-0.2, -0.15) is 18.3 Å². The number of pyridine rings is 1. The van der Waals surface area contributed by atoms with Gasteiger partial charge in [-0.05, 0) is 31.2 Å². The monoisotopic (exact) mass is 326 g/mol. The molecule has 0 aromatic carbocycles. The number of nitrogens with zero attached hydrogens (tertiary/aromatic N) is 4. The Morgan fingerprint density at radius 2 is 2.13 bits per heavy atom. The molecule has 2 aromatic heterocycles. The van der Waals surface area contributed by atoms with Gasteiger partial charge in [0.05, 0.1) is 5.56 Å². The summed E-state index contributed by atoms with van der Waals surface area (Å²) in [5, 5.41) is 4.06. The molecule has 3 rings (SSSR count). The lowest BCUT2D eigenvalue weighted by atomic mass is 10.1. The van der Waals surface area contributed by atoms with Crippen LogP contribution in [0.5, 0.6) is 5.88 Å². The second-order valence-electron chi connectivity index (χ2n) is 5.47. The first kappa shape index (κ1) is 15.8. The number of ether oxygens (including phenoxy) is 1. The Labute approximate surface area is 131 Å². The molecule has 0 saturated carbocycles. The third kappa shape index (κ3) is 3.30. The highest BCUT2D eigenvalue weighted by molar-refractivity contribution is 5.39. The maximum atomic E-state index is 13.2. The molecule has 5 nitrogen and oxygen atoms in total. The van der Waals surface area contributed by atoms with Gasteiger partial charge in [0.25, 0.3) is 0 Å². The fraction of sp³-hybridized carbons (Fsp3) is 0.533. The van der Waals surface area contributed by atoms with Crippen molar-refractivity contribution in [1.29, 1.82) is 0 Å². The van der Waals surface area contributed by atoms with Crippen molar-refractivity contribution < 1.29 is 17.9 Å². The number of rotatable bonds is 5. The summed E-state index contributed by atoms with van der Waals surface area (Å²) >= 11 is 0. The zero-order valence-electron chi connectivity index (χ0n) is 12.7. The Bertz CT molecular complexity index is 697. The van der Waals surface area contributed by atoms with E-state index < -0.39 is 11.7 Å². The third-order valence-electron chi connectivity index (χ3n) is 3.81. The van der Waals surface area contributed by atoms with E-state index in [-0.39, 0.29) is 12.5 Å². The molecule has 0 spiro atoms. The van der Waals surface area contributed by atoms with Crippen LogP contribution in [0.2, 0.25) is 0 Å². The number of aryl methyl sites for hydroxylation is 2. The van der Waals surface area contributed by atoms with E-state index in [4.69, 9.17) is 4.74 Å². The molecule has 0 aliphatic heterocycles. The SMILES string of the molecule is CCCn1ncnc1COc1cc(C(F)(F)F)c2c(n1)CCC2. The van der Waals surface area contributed by atoms with Crippen molar-refractivity contribution in [3.05, 3.63) is 35.0 Å². The molecule has 8 heteroatoms. The van der Waals surface area contributed by atoms with Crippen molar-refractivity contribution in [2.45, 2.75) is 51.9 Å². The van der Waals surface area contributed by atoms with Gasteiger partial charge in [0.15, 0.2) is 5.82 Å². The molecule has 124 valence electrons. The van der Waals surface area contributed by atoms with Crippen molar-refractivity contribution in [3.8, 4) is 5.88 Å². The van der Waals surface area contributed by atoms with E-state index in [1.165, 1.54) is 6.33 Å². The van der Waals surface area contributed by atoms with Crippen molar-refractivity contribution >= 4 is 0 Å². The first-order chi connectivity index (χ1) is 11.0. The summed E-state index contributed by atoms with van der Waals surface area (Å²) in [6.45, 7) is 2.73. The molecule has 0 atom stereocenters. The van der Waals surface area contributed by atoms with E-state index in [1.807, 2.05) is 6.92 Å². The number of alkyl halides is 3. The van der Waals surface area contributed by atoms with Crippen LogP contribution in [-0.2, 0) is 32.2 Å². The molecule has 0 bridgehead atoms. The van der Waals surface area contributed by atoms with Gasteiger partial charge in [0.1, 0.15) is 12.9 Å². The van der Waals surface area contributed by atoms with Crippen LogP contribution in [0.1, 0.15) is 42.4 Å². The molecule has 0 N–H and O–H groups in total. The third-order valence-corrected chi connectivity index (χ3v) is 3.81. The first-order valence-electron chi connectivity index (χ1n) is 7.58. The van der Waals surface area contributed by atoms with Crippen LogP contribution in [0, 0.1) is 0 Å². The van der Waals surface area contributed by atoms with Crippen LogP contribution in [0.25, 0.3) is 0 Å². The van der Waals surface area contributed by atoms with Crippen LogP contribution in [0.15, 0.2) is 12.4 Å². The van der Waals surface area contributed by atoms with Gasteiger partial charge in [-0.25, -0.2) is 14.6 Å². The minimum Gasteiger partial charge on any atom is -0.469 e. The second kappa shape index (κ2) is 6.17. The van der Waals surface area contributed by atoms with E-state index in [2.05, 4.69) is 15.1 Å². The predicted octanol–water partition coefficient (Wildman–Crippen LogP) is 3.17. The lowest BCUT2D eigenvalue weighted by Gasteiger charge is -2.14. The number of hydrogen-bond donors (Lipinski definition) is 0. The number of halogens is 3. The second-order valence-corrected chi connectivity index (χ2v) is 5.47. The Hall–Kier alpha value is -2.12. The van der Waals surface area contributed by atoms with Crippen LogP contribution in [-0.4, -0.2) is 19.7 Å². The van der Waals surface area contributed by atoms with Crippen LogP contribution in [0.3, 0.4) is 0 Å². The molecule has 2 aromatic rings. The average molecular weight is 326 g/mol. The quantitative estimate of drug-likeness (QED) is 0.847. The molecule has 0 saturated heterocycles. The summed E-state index contributed by atoms with van der Waals surface area (Å²) in [7, 11) is 0. The summed E-state index contributed by atoms with van der Waals surface area (Å²) in [5.74, 6) is 0.562. The molecule has 1 aliphatic carbocycles. The van der Waals surface area contributed by atoms with E-state index >= 15 is 0 Å². The molecule has 2 heterocycles. The fourth-order valence-corrected chi connectivity index (χ4v) is 2.78. The van der Waals surface area contributed by atoms with E-state index in [0.29, 0.717) is 42.9 Å². The minimum atomic E-state index is -4.39. The number of hydrogen-bond acceptors (Lipinski definition) is 4. The average Bonchev–Trinajstić information content (AvgIpc) is 3.12. The van der Waals surface area contributed by atoms with Crippen molar-refractivity contribution in [2.75, 3.05) is 0 Å². The smallest absolute Gasteiger partial charge is 0.416 e. The lowest BCUT2D eigenvalue weighted by Crippen LogP contribution is -2.13. The summed E-state index contributed by atoms with van der Waals surface area (Å²) in [4.78, 5) is 8.29. The molecule has 23 heavy (non-hydrogen) atoms. The normalized spacial score (nSPS) is 14.1. The van der Waals surface area contributed by atoms with Crippen molar-refractivity contribution in [3.63, 3.8) is 0 Å². The number of fused-ring (bicyclic) bond motifs is 1. The van der Waals surface area contributed by atoms with Gasteiger partial charge in [0, 0.05) is 18.3 Å². The fourth-order valence-electron chi connectivity index (χ4n) is 2.78. The van der Waals surface area contributed by atoms with E-state index in [1.54, 1.807) is 4.68 Å². The number of aromatic nitrogens is 4. The molecular weight excluding hydrogens is 309 g/mol. The Morgan fingerprint density at radius 3 is 2.87 bits per heavy atom. The Kier molecular flexibility index (Phi) is 4.23.